The molecule has 0 amide bonds. The van der Waals surface area contributed by atoms with Gasteiger partial charge in [0.1, 0.15) is 16.5 Å². The van der Waals surface area contributed by atoms with Crippen molar-refractivity contribution < 1.29 is 0 Å². The van der Waals surface area contributed by atoms with Crippen LogP contribution >= 0.6 is 0 Å². The van der Waals surface area contributed by atoms with Gasteiger partial charge in [0.15, 0.2) is 11.3 Å². The largest absolute Gasteiger partial charge is 0.311 e. The van der Waals surface area contributed by atoms with E-state index in [1.54, 1.807) is 24.8 Å². The molecular weight excluding hydrogens is 809 g/mol. The van der Waals surface area contributed by atoms with Gasteiger partial charge in [0.05, 0.1) is 11.0 Å². The summed E-state index contributed by atoms with van der Waals surface area (Å²) in [5.41, 5.74) is 15.5. The Labute approximate surface area is 379 Å². The van der Waals surface area contributed by atoms with E-state index in [0.29, 0.717) is 0 Å². The standard InChI is InChI=1S/C58H38N8/c1-5-15-41(16-6-1)63(42-17-7-2-8-18-42)45-31-27-39(28-32-45)51(40-29-33-46(34-30-40)64(43-19-9-3-10-20-43)44-21-11-4-12-22-44)58-65-54-47(23-13-25-49(54)52-56(65)61-37-35-59-52)48-24-14-26-50-53-57(62-38-36-60-53)66(58)55(48)50/h1-38H. The molecule has 8 aromatic carbocycles. The van der Waals surface area contributed by atoms with E-state index >= 15 is 0 Å². The topological polar surface area (TPSA) is 66.9 Å². The molecule has 13 rings (SSSR count). The Morgan fingerprint density at radius 1 is 0.303 bits per heavy atom. The molecule has 0 bridgehead atoms. The van der Waals surface area contributed by atoms with E-state index in [1.807, 2.05) is 0 Å². The summed E-state index contributed by atoms with van der Waals surface area (Å²) >= 11 is 0. The van der Waals surface area contributed by atoms with Gasteiger partial charge in [0, 0.05) is 86.0 Å². The molecule has 310 valence electrons. The Bertz CT molecular complexity index is 3630. The molecule has 8 nitrogen and oxygen atoms in total. The molecule has 13 aromatic rings. The number of fused-ring (bicyclic) bond motifs is 7. The van der Waals surface area contributed by atoms with Crippen LogP contribution in [0, 0.1) is 0 Å². The Morgan fingerprint density at radius 3 is 0.985 bits per heavy atom. The second kappa shape index (κ2) is 15.3. The molecule has 0 N–H and O–H groups in total. The van der Waals surface area contributed by atoms with Gasteiger partial charge in [0.2, 0.25) is 0 Å². The summed E-state index contributed by atoms with van der Waals surface area (Å²) in [6, 6.07) is 73.0. The van der Waals surface area contributed by atoms with Gasteiger partial charge in [-0.2, -0.15) is 0 Å². The molecule has 0 radical (unpaired) electrons. The van der Waals surface area contributed by atoms with Gasteiger partial charge in [0.25, 0.3) is 0 Å². The molecule has 0 saturated carbocycles. The van der Waals surface area contributed by atoms with Crippen LogP contribution < -0.4 is 15.3 Å². The van der Waals surface area contributed by atoms with Crippen LogP contribution in [0.4, 0.5) is 34.1 Å². The van der Waals surface area contributed by atoms with E-state index in [9.17, 15) is 0 Å². The minimum Gasteiger partial charge on any atom is -0.311 e. The van der Waals surface area contributed by atoms with Crippen molar-refractivity contribution in [3.63, 3.8) is 0 Å². The van der Waals surface area contributed by atoms with Gasteiger partial charge < -0.3 is 9.80 Å². The van der Waals surface area contributed by atoms with Crippen molar-refractivity contribution in [2.24, 2.45) is 0 Å². The number of rotatable bonds is 8. The number of benzene rings is 8. The minimum atomic E-state index is 0.756. The van der Waals surface area contributed by atoms with Gasteiger partial charge >= 0.3 is 0 Å². The summed E-state index contributed by atoms with van der Waals surface area (Å²) in [5, 5.41) is 4.23. The second-order valence-electron chi connectivity index (χ2n) is 16.3. The van der Waals surface area contributed by atoms with Crippen molar-refractivity contribution >= 4 is 94.6 Å². The molecule has 0 saturated heterocycles. The number of hydrogen-bond donors (Lipinski definition) is 0. The number of aromatic nitrogens is 6. The van der Waals surface area contributed by atoms with Gasteiger partial charge in [-0.05, 0) is 83.9 Å². The molecule has 0 fully saturated rings. The lowest BCUT2D eigenvalue weighted by atomic mass is 9.97. The predicted molar refractivity (Wildman–Crippen MR) is 269 cm³/mol. The molecule has 5 heterocycles. The molecular formula is C58H38N8. The highest BCUT2D eigenvalue weighted by Crippen LogP contribution is 2.40. The highest BCUT2D eigenvalue weighted by molar-refractivity contribution is 6.22. The third-order valence-corrected chi connectivity index (χ3v) is 12.6. The molecule has 0 aliphatic heterocycles. The number of nitrogens with zero attached hydrogens (tertiary/aromatic N) is 8. The lowest BCUT2D eigenvalue weighted by Crippen LogP contribution is -2.25. The fraction of sp³-hybridized carbons (Fsp3) is 0. The van der Waals surface area contributed by atoms with Crippen molar-refractivity contribution in [3.05, 3.63) is 248 Å². The Hall–Kier alpha value is -9.14. The zero-order valence-corrected chi connectivity index (χ0v) is 35.5. The molecule has 0 atom stereocenters. The molecule has 0 aliphatic carbocycles. The molecule has 0 aliphatic rings. The van der Waals surface area contributed by atoms with Crippen LogP contribution in [0.5, 0.6) is 0 Å². The fourth-order valence-corrected chi connectivity index (χ4v) is 9.88. The summed E-state index contributed by atoms with van der Waals surface area (Å²) in [6.07, 6.45) is 7.14. The first-order valence-electron chi connectivity index (χ1n) is 22.1. The van der Waals surface area contributed by atoms with Gasteiger partial charge in [-0.15, -0.1) is 0 Å². The van der Waals surface area contributed by atoms with E-state index in [2.05, 4.69) is 225 Å². The maximum atomic E-state index is 5.13. The van der Waals surface area contributed by atoms with Crippen LogP contribution in [0.15, 0.2) is 231 Å². The van der Waals surface area contributed by atoms with Crippen LogP contribution in [0.25, 0.3) is 60.5 Å². The van der Waals surface area contributed by atoms with E-state index < -0.39 is 0 Å². The number of para-hydroxylation sites is 6. The van der Waals surface area contributed by atoms with Crippen molar-refractivity contribution in [2.75, 3.05) is 9.80 Å². The summed E-state index contributed by atoms with van der Waals surface area (Å²) in [4.78, 5) is 24.8. The van der Waals surface area contributed by atoms with E-state index in [0.717, 1.165) is 111 Å². The quantitative estimate of drug-likeness (QED) is 0.152. The number of hydrogen-bond acceptors (Lipinski definition) is 6. The first-order chi connectivity index (χ1) is 32.8. The summed E-state index contributed by atoms with van der Waals surface area (Å²) in [5.74, 6) is 0. The Balaban J connectivity index is 1.18. The van der Waals surface area contributed by atoms with Crippen molar-refractivity contribution in [1.82, 2.24) is 28.7 Å². The fourth-order valence-electron chi connectivity index (χ4n) is 9.88. The van der Waals surface area contributed by atoms with Crippen LogP contribution in [-0.4, -0.2) is 28.7 Å². The monoisotopic (exact) mass is 846 g/mol. The second-order valence-corrected chi connectivity index (χ2v) is 16.3. The molecule has 0 unspecified atom stereocenters. The average molecular weight is 847 g/mol. The zero-order valence-electron chi connectivity index (χ0n) is 35.5. The third-order valence-electron chi connectivity index (χ3n) is 12.6. The van der Waals surface area contributed by atoms with E-state index in [1.165, 1.54) is 0 Å². The van der Waals surface area contributed by atoms with Crippen molar-refractivity contribution in [3.8, 4) is 0 Å². The summed E-state index contributed by atoms with van der Waals surface area (Å²) in [7, 11) is 0. The highest BCUT2D eigenvalue weighted by atomic mass is 15.2. The zero-order chi connectivity index (χ0) is 43.6. The van der Waals surface area contributed by atoms with Crippen molar-refractivity contribution in [2.45, 2.75) is 0 Å². The molecule has 66 heavy (non-hydrogen) atoms. The van der Waals surface area contributed by atoms with Crippen LogP contribution in [0.2, 0.25) is 0 Å². The van der Waals surface area contributed by atoms with Gasteiger partial charge in [-0.1, -0.05) is 133 Å². The molecule has 0 spiro atoms. The molecule has 8 heteroatoms. The van der Waals surface area contributed by atoms with Gasteiger partial charge in [-0.3, -0.25) is 18.8 Å². The normalized spacial score (nSPS) is 11.6. The smallest absolute Gasteiger partial charge is 0.165 e. The van der Waals surface area contributed by atoms with Crippen LogP contribution in [-0.2, 0) is 0 Å². The van der Waals surface area contributed by atoms with Crippen LogP contribution in [0.1, 0.15) is 11.1 Å². The average Bonchev–Trinajstić information content (AvgIpc) is 3.87. The SMILES string of the molecule is c1ccc(N(c2ccccc2)c2ccc(C(c3ccc(N(c4ccccc4)c4ccccc4)cc3)=c3n4c5nccnc5c5cccc(c6cccc7c8nccnc8n3c67)c54)cc2)cc1. The Kier molecular flexibility index (Phi) is 8.67. The summed E-state index contributed by atoms with van der Waals surface area (Å²) in [6.45, 7) is 0. The van der Waals surface area contributed by atoms with E-state index in [4.69, 9.17) is 19.9 Å². The molecule has 5 aromatic heterocycles. The third kappa shape index (κ3) is 5.86. The first-order valence-corrected chi connectivity index (χ1v) is 22.1. The lowest BCUT2D eigenvalue weighted by Gasteiger charge is -2.26. The van der Waals surface area contributed by atoms with E-state index in [-0.39, 0.29) is 0 Å². The van der Waals surface area contributed by atoms with Crippen LogP contribution in [0.3, 0.4) is 0 Å². The van der Waals surface area contributed by atoms with Gasteiger partial charge in [-0.25, -0.2) is 9.97 Å². The summed E-state index contributed by atoms with van der Waals surface area (Å²) < 4.78 is 4.64. The predicted octanol–water partition coefficient (Wildman–Crippen LogP) is 13.3. The highest BCUT2D eigenvalue weighted by Gasteiger charge is 2.24. The number of anilines is 6. The Morgan fingerprint density at radius 2 is 0.621 bits per heavy atom. The maximum absolute atomic E-state index is 5.13. The minimum absolute atomic E-state index is 0.756. The van der Waals surface area contributed by atoms with Crippen molar-refractivity contribution in [1.29, 1.82) is 0 Å². The maximum Gasteiger partial charge on any atom is 0.165 e. The lowest BCUT2D eigenvalue weighted by molar-refractivity contribution is 0.997. The first kappa shape index (κ1) is 37.4.